The van der Waals surface area contributed by atoms with Crippen molar-refractivity contribution in [2.75, 3.05) is 0 Å². The van der Waals surface area contributed by atoms with E-state index >= 15 is 0 Å². The van der Waals surface area contributed by atoms with Crippen LogP contribution < -0.4 is 0 Å². The summed E-state index contributed by atoms with van der Waals surface area (Å²) in [5, 5.41) is 0. The zero-order chi connectivity index (χ0) is 4.50. The Bertz CT molecular complexity index is 91.2. The van der Waals surface area contributed by atoms with Gasteiger partial charge in [0.1, 0.15) is 0 Å². The van der Waals surface area contributed by atoms with Gasteiger partial charge < -0.3 is 14.6 Å². The van der Waals surface area contributed by atoms with Gasteiger partial charge in [-0.1, -0.05) is 0 Å². The average Bonchev–Trinajstić information content (AvgIpc) is 0.722. The van der Waals surface area contributed by atoms with Gasteiger partial charge in [-0.2, -0.15) is 0 Å². The second-order valence-electron chi connectivity index (χ2n) is 0.408. The summed E-state index contributed by atoms with van der Waals surface area (Å²) >= 11 is 0. The molecule has 0 aliphatic carbocycles. The maximum atomic E-state index is 8.52. The Morgan fingerprint density at radius 1 is 1.14 bits per heavy atom. The van der Waals surface area contributed by atoms with E-state index in [-0.39, 0.29) is 22.8 Å². The second-order valence-corrected chi connectivity index (χ2v) is 1.22. The van der Waals surface area contributed by atoms with E-state index in [0.717, 1.165) is 0 Å². The Labute approximate surface area is 51.4 Å². The molecule has 0 saturated carbocycles. The zero-order valence-corrected chi connectivity index (χ0v) is 4.99. The molecular formula is HCrO5S-. The third-order valence-electron chi connectivity index (χ3n) is 0. The normalized spacial score (nSPS) is 8.29. The van der Waals surface area contributed by atoms with Crippen molar-refractivity contribution in [1.29, 1.82) is 0 Å². The molecule has 0 bridgehead atoms. The van der Waals surface area contributed by atoms with E-state index in [2.05, 4.69) is 0 Å². The van der Waals surface area contributed by atoms with Crippen LogP contribution in [0.25, 0.3) is 0 Å². The molecule has 7 heteroatoms. The Kier molecular flexibility index (Phi) is 10.1. The molecule has 0 aromatic carbocycles. The summed E-state index contributed by atoms with van der Waals surface area (Å²) in [6.45, 7) is 0. The van der Waals surface area contributed by atoms with Gasteiger partial charge in [0.2, 0.25) is 0 Å². The molecule has 44 valence electrons. The van der Waals surface area contributed by atoms with E-state index in [9.17, 15) is 0 Å². The predicted molar refractivity (Wildman–Crippen MR) is 12.4 cm³/mol. The van der Waals surface area contributed by atoms with Crippen molar-refractivity contribution < 1.29 is 40.4 Å². The molecule has 0 heterocycles. The van der Waals surface area contributed by atoms with E-state index in [4.69, 9.17) is 17.5 Å². The molecule has 0 saturated heterocycles. The summed E-state index contributed by atoms with van der Waals surface area (Å²) in [4.78, 5) is 0. The Morgan fingerprint density at radius 2 is 1.14 bits per heavy atom. The van der Waals surface area contributed by atoms with Crippen molar-refractivity contribution in [1.82, 2.24) is 0 Å². The van der Waals surface area contributed by atoms with Crippen LogP contribution in [0.5, 0.6) is 0 Å². The minimum atomic E-state index is -5.17. The van der Waals surface area contributed by atoms with Crippen LogP contribution >= 0.6 is 0 Å². The maximum Gasteiger partial charge on any atom is 2.00 e. The molecule has 1 N–H and O–H groups in total. The average molecular weight is 165 g/mol. The number of hydrogen-bond donors (Lipinski definition) is 0. The molecule has 0 aliphatic rings. The summed E-state index contributed by atoms with van der Waals surface area (Å²) in [7, 11) is -5.17. The molecule has 0 rings (SSSR count). The van der Waals surface area contributed by atoms with Crippen LogP contribution in [0, 0.1) is 0 Å². The molecule has 0 amide bonds. The third kappa shape index (κ3) is 922. The summed E-state index contributed by atoms with van der Waals surface area (Å²) in [6.07, 6.45) is 0. The molecule has 0 spiro atoms. The van der Waals surface area contributed by atoms with Gasteiger partial charge in [-0.15, -0.1) is 0 Å². The van der Waals surface area contributed by atoms with E-state index in [0.29, 0.717) is 0 Å². The topological polar surface area (TPSA) is 110 Å². The molecule has 0 unspecified atom stereocenters. The molecular weight excluding hydrogens is 164 g/mol. The molecule has 0 radical (unpaired) electrons. The standard InChI is InChI=1S/Cr.H2O4S.H2O/c;1-5(2,3)4;/h;(H2,1,2,3,4);1H2/q+2;;/p-3. The van der Waals surface area contributed by atoms with Crippen LogP contribution in [-0.4, -0.2) is 23.0 Å². The van der Waals surface area contributed by atoms with E-state index in [1.54, 1.807) is 0 Å². The maximum absolute atomic E-state index is 8.52. The van der Waals surface area contributed by atoms with Crippen molar-refractivity contribution >= 4 is 10.4 Å². The minimum absolute atomic E-state index is 0. The molecule has 0 aromatic rings. The quantitative estimate of drug-likeness (QED) is 0.319. The molecule has 7 heavy (non-hydrogen) atoms. The largest absolute Gasteiger partial charge is 2.00 e. The zero-order valence-electron chi connectivity index (χ0n) is 2.90. The monoisotopic (exact) mass is 165 g/mol. The van der Waals surface area contributed by atoms with Crippen molar-refractivity contribution in [2.24, 2.45) is 0 Å². The van der Waals surface area contributed by atoms with Crippen molar-refractivity contribution in [3.05, 3.63) is 0 Å². The molecule has 0 fully saturated rings. The fraction of sp³-hybridized carbons (Fsp3) is 0. The summed E-state index contributed by atoms with van der Waals surface area (Å²) in [5.74, 6) is 0. The molecule has 0 aromatic heterocycles. The summed E-state index contributed by atoms with van der Waals surface area (Å²) in [5.41, 5.74) is 0. The smallest absolute Gasteiger partial charge is 0.870 e. The van der Waals surface area contributed by atoms with Crippen molar-refractivity contribution in [3.8, 4) is 0 Å². The second kappa shape index (κ2) is 4.52. The van der Waals surface area contributed by atoms with Crippen LogP contribution in [0.1, 0.15) is 0 Å². The minimum Gasteiger partial charge on any atom is -0.870 e. The van der Waals surface area contributed by atoms with E-state index < -0.39 is 10.4 Å². The first-order chi connectivity index (χ1) is 2.00. The summed E-state index contributed by atoms with van der Waals surface area (Å²) in [6, 6.07) is 0. The molecule has 0 atom stereocenters. The van der Waals surface area contributed by atoms with Gasteiger partial charge in [0, 0.05) is 10.4 Å². The SMILES string of the molecule is O=S(=O)([O-])[O-].[Cr+2].[OH-]. The van der Waals surface area contributed by atoms with Crippen LogP contribution in [-0.2, 0) is 27.8 Å². The third-order valence-corrected chi connectivity index (χ3v) is 0. The van der Waals surface area contributed by atoms with E-state index in [1.807, 2.05) is 0 Å². The first-order valence-corrected chi connectivity index (χ1v) is 2.00. The Hall–Kier alpha value is 0.362. The van der Waals surface area contributed by atoms with Gasteiger partial charge in [0.25, 0.3) is 0 Å². The van der Waals surface area contributed by atoms with Gasteiger partial charge in [0.15, 0.2) is 0 Å². The molecule has 5 nitrogen and oxygen atoms in total. The Morgan fingerprint density at radius 3 is 1.14 bits per heavy atom. The van der Waals surface area contributed by atoms with Crippen LogP contribution in [0.2, 0.25) is 0 Å². The fourth-order valence-corrected chi connectivity index (χ4v) is 0. The van der Waals surface area contributed by atoms with Crippen molar-refractivity contribution in [3.63, 3.8) is 0 Å². The predicted octanol–water partition coefficient (Wildman–Crippen LogP) is -1.52. The van der Waals surface area contributed by atoms with Crippen LogP contribution in [0.3, 0.4) is 0 Å². The van der Waals surface area contributed by atoms with Crippen LogP contribution in [0.4, 0.5) is 0 Å². The number of hydrogen-bond acceptors (Lipinski definition) is 5. The van der Waals surface area contributed by atoms with Gasteiger partial charge in [-0.25, -0.2) is 0 Å². The first kappa shape index (κ1) is 15.7. The first-order valence-electron chi connectivity index (χ1n) is 0.667. The fourth-order valence-electron chi connectivity index (χ4n) is 0. The summed E-state index contributed by atoms with van der Waals surface area (Å²) < 4.78 is 34.1. The Balaban J connectivity index is -0.0000000800. The molecule has 0 aliphatic heterocycles. The van der Waals surface area contributed by atoms with E-state index in [1.165, 1.54) is 0 Å². The van der Waals surface area contributed by atoms with Gasteiger partial charge >= 0.3 is 17.4 Å². The number of rotatable bonds is 0. The van der Waals surface area contributed by atoms with Gasteiger partial charge in [0.05, 0.1) is 0 Å². The van der Waals surface area contributed by atoms with Gasteiger partial charge in [-0.05, 0) is 0 Å². The van der Waals surface area contributed by atoms with Crippen LogP contribution in [0.15, 0.2) is 0 Å². The van der Waals surface area contributed by atoms with Gasteiger partial charge in [-0.3, -0.25) is 8.42 Å². The van der Waals surface area contributed by atoms with Crippen molar-refractivity contribution in [2.45, 2.75) is 0 Å².